The van der Waals surface area contributed by atoms with E-state index in [1.165, 1.54) is 0 Å². The predicted octanol–water partition coefficient (Wildman–Crippen LogP) is 1.01. The fourth-order valence-electron chi connectivity index (χ4n) is 2.38. The van der Waals surface area contributed by atoms with Crippen molar-refractivity contribution in [1.82, 2.24) is 4.72 Å². The van der Waals surface area contributed by atoms with Gasteiger partial charge in [-0.25, -0.2) is 13.1 Å². The Bertz CT molecular complexity index is 398. The molecule has 1 saturated carbocycles. The van der Waals surface area contributed by atoms with Gasteiger partial charge in [0.25, 0.3) is 0 Å². The molecule has 1 rings (SSSR count). The topological polar surface area (TPSA) is 105 Å². The van der Waals surface area contributed by atoms with Crippen molar-refractivity contribution >= 4 is 15.9 Å². The van der Waals surface area contributed by atoms with E-state index < -0.39 is 15.6 Å². The Morgan fingerprint density at radius 3 is 2.50 bits per heavy atom. The number of rotatable bonds is 5. The molecule has 0 aromatic carbocycles. The van der Waals surface area contributed by atoms with Crippen LogP contribution < -0.4 is 10.5 Å². The van der Waals surface area contributed by atoms with Crippen molar-refractivity contribution < 1.29 is 13.6 Å². The monoisotopic (exact) mass is 277 g/mol. The second-order valence-electron chi connectivity index (χ2n) is 5.17. The highest BCUT2D eigenvalue weighted by atomic mass is 32.2. The van der Waals surface area contributed by atoms with Crippen molar-refractivity contribution in [1.29, 1.82) is 0 Å². The smallest absolute Gasteiger partial charge is 0.212 e. The Balaban J connectivity index is 2.93. The van der Waals surface area contributed by atoms with E-state index in [9.17, 15) is 8.42 Å². The molecule has 0 aromatic rings. The SMILES string of the molecule is CCCS(=O)(=O)NC1(/C(N)=N/O)CCC(C)CC1. The lowest BCUT2D eigenvalue weighted by Gasteiger charge is -2.38. The average Bonchev–Trinajstić information content (AvgIpc) is 2.31. The molecule has 0 aromatic heterocycles. The molecule has 0 unspecified atom stereocenters. The quantitative estimate of drug-likeness (QED) is 0.302. The first-order chi connectivity index (χ1) is 8.35. The summed E-state index contributed by atoms with van der Waals surface area (Å²) in [5, 5.41) is 11.9. The fraction of sp³-hybridized carbons (Fsp3) is 0.909. The Hall–Kier alpha value is -0.820. The van der Waals surface area contributed by atoms with Crippen LogP contribution in [0, 0.1) is 5.92 Å². The molecule has 4 N–H and O–H groups in total. The first-order valence-electron chi connectivity index (χ1n) is 6.35. The molecular formula is C11H23N3O3S. The van der Waals surface area contributed by atoms with E-state index in [4.69, 9.17) is 10.9 Å². The molecule has 0 radical (unpaired) electrons. The van der Waals surface area contributed by atoms with E-state index in [-0.39, 0.29) is 11.6 Å². The summed E-state index contributed by atoms with van der Waals surface area (Å²) >= 11 is 0. The highest BCUT2D eigenvalue weighted by Gasteiger charge is 2.41. The number of amidine groups is 1. The molecule has 0 atom stereocenters. The van der Waals surface area contributed by atoms with Crippen molar-refractivity contribution in [2.45, 2.75) is 51.5 Å². The molecule has 6 nitrogen and oxygen atoms in total. The minimum absolute atomic E-state index is 0.0333. The average molecular weight is 277 g/mol. The molecule has 0 saturated heterocycles. The van der Waals surface area contributed by atoms with Crippen LogP contribution in [0.5, 0.6) is 0 Å². The first-order valence-corrected chi connectivity index (χ1v) is 8.00. The summed E-state index contributed by atoms with van der Waals surface area (Å²) in [6, 6.07) is 0. The zero-order chi connectivity index (χ0) is 13.8. The molecule has 0 amide bonds. The molecular weight excluding hydrogens is 254 g/mol. The number of sulfonamides is 1. The molecule has 1 aliphatic rings. The Kier molecular flexibility index (Phi) is 4.98. The number of hydrogen-bond donors (Lipinski definition) is 3. The third-order valence-corrected chi connectivity index (χ3v) is 5.20. The van der Waals surface area contributed by atoms with Crippen molar-refractivity contribution in [2.75, 3.05) is 5.75 Å². The molecule has 0 spiro atoms. The predicted molar refractivity (Wildman–Crippen MR) is 71.0 cm³/mol. The van der Waals surface area contributed by atoms with Gasteiger partial charge in [0.15, 0.2) is 5.84 Å². The molecule has 0 aliphatic heterocycles. The number of nitrogens with one attached hydrogen (secondary N) is 1. The van der Waals surface area contributed by atoms with E-state index in [1.54, 1.807) is 6.92 Å². The van der Waals surface area contributed by atoms with E-state index in [1.807, 2.05) is 0 Å². The number of nitrogens with zero attached hydrogens (tertiary/aromatic N) is 1. The summed E-state index contributed by atoms with van der Waals surface area (Å²) in [4.78, 5) is 0. The number of nitrogens with two attached hydrogens (primary N) is 1. The van der Waals surface area contributed by atoms with Crippen LogP contribution >= 0.6 is 0 Å². The summed E-state index contributed by atoms with van der Waals surface area (Å²) in [6.45, 7) is 3.93. The van der Waals surface area contributed by atoms with E-state index in [0.717, 1.165) is 12.8 Å². The van der Waals surface area contributed by atoms with Crippen LogP contribution in [0.3, 0.4) is 0 Å². The van der Waals surface area contributed by atoms with Gasteiger partial charge in [-0.2, -0.15) is 0 Å². The van der Waals surface area contributed by atoms with Gasteiger partial charge in [0, 0.05) is 0 Å². The van der Waals surface area contributed by atoms with Crippen LogP contribution in [0.4, 0.5) is 0 Å². The van der Waals surface area contributed by atoms with Gasteiger partial charge in [-0.05, 0) is 38.0 Å². The summed E-state index contributed by atoms with van der Waals surface area (Å²) in [6.07, 6.45) is 3.42. The second-order valence-corrected chi connectivity index (χ2v) is 7.01. The highest BCUT2D eigenvalue weighted by Crippen LogP contribution is 2.32. The van der Waals surface area contributed by atoms with Gasteiger partial charge in [0.2, 0.25) is 10.0 Å². The summed E-state index contributed by atoms with van der Waals surface area (Å²) in [5.74, 6) is 0.567. The fourth-order valence-corrected chi connectivity index (χ4v) is 3.92. The van der Waals surface area contributed by atoms with Crippen molar-refractivity contribution in [3.63, 3.8) is 0 Å². The van der Waals surface area contributed by atoms with Gasteiger partial charge in [-0.3, -0.25) is 0 Å². The lowest BCUT2D eigenvalue weighted by atomic mass is 9.77. The Morgan fingerprint density at radius 2 is 2.06 bits per heavy atom. The van der Waals surface area contributed by atoms with Crippen LogP contribution in [-0.4, -0.2) is 30.8 Å². The van der Waals surface area contributed by atoms with Gasteiger partial charge in [-0.15, -0.1) is 0 Å². The van der Waals surface area contributed by atoms with Crippen molar-refractivity contribution in [3.8, 4) is 0 Å². The lowest BCUT2D eigenvalue weighted by Crippen LogP contribution is -2.59. The Morgan fingerprint density at radius 1 is 1.50 bits per heavy atom. The largest absolute Gasteiger partial charge is 0.409 e. The molecule has 0 bridgehead atoms. The zero-order valence-electron chi connectivity index (χ0n) is 11.0. The molecule has 0 heterocycles. The van der Waals surface area contributed by atoms with Crippen molar-refractivity contribution in [2.24, 2.45) is 16.8 Å². The summed E-state index contributed by atoms with van der Waals surface area (Å²) in [5.41, 5.74) is 4.80. The van der Waals surface area contributed by atoms with Crippen LogP contribution in [0.1, 0.15) is 46.0 Å². The lowest BCUT2D eigenvalue weighted by molar-refractivity contribution is 0.266. The standard InChI is InChI=1S/C11H23N3O3S/c1-3-8-18(16,17)14-11(10(12)13-15)6-4-9(2)5-7-11/h9,14-15H,3-8H2,1-2H3,(H2,12,13). The minimum atomic E-state index is -3.38. The molecule has 1 aliphatic carbocycles. The van der Waals surface area contributed by atoms with Gasteiger partial charge in [0.1, 0.15) is 0 Å². The number of hydrogen-bond acceptors (Lipinski definition) is 4. The van der Waals surface area contributed by atoms with E-state index in [2.05, 4.69) is 16.8 Å². The van der Waals surface area contributed by atoms with Crippen molar-refractivity contribution in [3.05, 3.63) is 0 Å². The normalized spacial score (nSPS) is 30.3. The van der Waals surface area contributed by atoms with E-state index in [0.29, 0.717) is 25.2 Å². The van der Waals surface area contributed by atoms with Gasteiger partial charge in [-0.1, -0.05) is 19.0 Å². The molecule has 7 heteroatoms. The molecule has 106 valence electrons. The van der Waals surface area contributed by atoms with Gasteiger partial charge < -0.3 is 10.9 Å². The zero-order valence-corrected chi connectivity index (χ0v) is 11.8. The van der Waals surface area contributed by atoms with Gasteiger partial charge in [0.05, 0.1) is 11.3 Å². The van der Waals surface area contributed by atoms with Crippen LogP contribution in [0.25, 0.3) is 0 Å². The van der Waals surface area contributed by atoms with Crippen LogP contribution in [0.2, 0.25) is 0 Å². The highest BCUT2D eigenvalue weighted by molar-refractivity contribution is 7.89. The Labute approximate surface area is 109 Å². The maximum absolute atomic E-state index is 11.9. The van der Waals surface area contributed by atoms with E-state index >= 15 is 0 Å². The number of oxime groups is 1. The minimum Gasteiger partial charge on any atom is -0.409 e. The van der Waals surface area contributed by atoms with Crippen LogP contribution in [0.15, 0.2) is 5.16 Å². The third kappa shape index (κ3) is 3.58. The second kappa shape index (κ2) is 5.88. The summed E-state index contributed by atoms with van der Waals surface area (Å²) < 4.78 is 26.4. The first kappa shape index (κ1) is 15.2. The summed E-state index contributed by atoms with van der Waals surface area (Å²) in [7, 11) is -3.38. The van der Waals surface area contributed by atoms with Gasteiger partial charge >= 0.3 is 0 Å². The van der Waals surface area contributed by atoms with Crippen LogP contribution in [-0.2, 0) is 10.0 Å². The maximum atomic E-state index is 11.9. The molecule has 1 fully saturated rings. The molecule has 18 heavy (non-hydrogen) atoms. The third-order valence-electron chi connectivity index (χ3n) is 3.55. The maximum Gasteiger partial charge on any atom is 0.212 e.